The van der Waals surface area contributed by atoms with E-state index in [1.165, 1.54) is 13.2 Å². The monoisotopic (exact) mass is 224 g/mol. The van der Waals surface area contributed by atoms with Crippen LogP contribution in [-0.4, -0.2) is 18.6 Å². The van der Waals surface area contributed by atoms with Gasteiger partial charge in [-0.3, -0.25) is 10.1 Å². The topological polar surface area (TPSA) is 87.6 Å². The average Bonchev–Trinajstić information content (AvgIpc) is 2.27. The zero-order valence-corrected chi connectivity index (χ0v) is 8.80. The molecule has 0 saturated carbocycles. The van der Waals surface area contributed by atoms with Crippen LogP contribution in [0.2, 0.25) is 0 Å². The second kappa shape index (κ2) is 3.97. The van der Waals surface area contributed by atoms with E-state index in [1.54, 1.807) is 6.07 Å². The van der Waals surface area contributed by atoms with Crippen molar-refractivity contribution in [3.05, 3.63) is 27.8 Å². The van der Waals surface area contributed by atoms with Crippen LogP contribution in [-0.2, 0) is 0 Å². The number of nitro groups is 1. The third kappa shape index (κ3) is 1.57. The number of ether oxygens (including phenoxy) is 2. The second-order valence-electron chi connectivity index (χ2n) is 3.53. The minimum Gasteiger partial charge on any atom is -0.496 e. The van der Waals surface area contributed by atoms with Gasteiger partial charge in [0.25, 0.3) is 0 Å². The van der Waals surface area contributed by atoms with E-state index in [4.69, 9.17) is 15.2 Å². The van der Waals surface area contributed by atoms with Crippen molar-refractivity contribution in [1.82, 2.24) is 0 Å². The lowest BCUT2D eigenvalue weighted by molar-refractivity contribution is -0.386. The summed E-state index contributed by atoms with van der Waals surface area (Å²) in [5.74, 6) is 0.774. The Morgan fingerprint density at radius 3 is 3.00 bits per heavy atom. The fourth-order valence-electron chi connectivity index (χ4n) is 1.83. The Labute approximate surface area is 92.1 Å². The summed E-state index contributed by atoms with van der Waals surface area (Å²) in [7, 11) is 1.50. The van der Waals surface area contributed by atoms with Crippen LogP contribution in [0.3, 0.4) is 0 Å². The predicted octanol–water partition coefficient (Wildman–Crippen LogP) is 1.39. The van der Waals surface area contributed by atoms with Crippen molar-refractivity contribution in [1.29, 1.82) is 0 Å². The molecule has 1 aromatic rings. The molecule has 0 unspecified atom stereocenters. The van der Waals surface area contributed by atoms with E-state index in [9.17, 15) is 10.1 Å². The van der Waals surface area contributed by atoms with Gasteiger partial charge in [0.2, 0.25) is 5.75 Å². The fraction of sp³-hybridized carbons (Fsp3) is 0.400. The molecular formula is C10H12N2O4. The van der Waals surface area contributed by atoms with Gasteiger partial charge in [0.05, 0.1) is 24.2 Å². The maximum atomic E-state index is 10.8. The van der Waals surface area contributed by atoms with E-state index in [0.29, 0.717) is 24.3 Å². The lowest BCUT2D eigenvalue weighted by Gasteiger charge is -2.24. The molecule has 1 atom stereocenters. The molecule has 16 heavy (non-hydrogen) atoms. The van der Waals surface area contributed by atoms with Crippen molar-refractivity contribution in [3.63, 3.8) is 0 Å². The summed E-state index contributed by atoms with van der Waals surface area (Å²) in [5, 5.41) is 10.8. The molecule has 0 saturated heterocycles. The first-order chi connectivity index (χ1) is 7.65. The number of nitrogens with two attached hydrogens (primary N) is 1. The van der Waals surface area contributed by atoms with E-state index in [2.05, 4.69) is 0 Å². The minimum absolute atomic E-state index is 0.0639. The van der Waals surface area contributed by atoms with Crippen molar-refractivity contribution < 1.29 is 14.4 Å². The number of hydrogen-bond acceptors (Lipinski definition) is 5. The summed E-state index contributed by atoms with van der Waals surface area (Å²) in [5.41, 5.74) is 6.43. The van der Waals surface area contributed by atoms with Gasteiger partial charge in [-0.1, -0.05) is 0 Å². The van der Waals surface area contributed by atoms with E-state index in [1.807, 2.05) is 0 Å². The first-order valence-electron chi connectivity index (χ1n) is 4.88. The highest BCUT2D eigenvalue weighted by atomic mass is 16.6. The van der Waals surface area contributed by atoms with Crippen LogP contribution in [0, 0.1) is 10.1 Å². The fourth-order valence-corrected chi connectivity index (χ4v) is 1.83. The summed E-state index contributed by atoms with van der Waals surface area (Å²) in [6.45, 7) is 0.391. The van der Waals surface area contributed by atoms with Gasteiger partial charge in [-0.2, -0.15) is 0 Å². The number of methoxy groups -OCH3 is 1. The van der Waals surface area contributed by atoms with Crippen molar-refractivity contribution in [2.75, 3.05) is 13.7 Å². The Hall–Kier alpha value is -1.82. The van der Waals surface area contributed by atoms with Crippen LogP contribution in [0.4, 0.5) is 5.69 Å². The first-order valence-corrected chi connectivity index (χ1v) is 4.88. The Bertz CT molecular complexity index is 433. The highest BCUT2D eigenvalue weighted by Gasteiger charge is 2.29. The molecule has 1 heterocycles. The molecule has 0 aliphatic carbocycles. The van der Waals surface area contributed by atoms with Crippen LogP contribution in [0.1, 0.15) is 18.0 Å². The van der Waals surface area contributed by atoms with Gasteiger partial charge >= 0.3 is 5.69 Å². The molecular weight excluding hydrogens is 212 g/mol. The standard InChI is InChI=1S/C10H12N2O4/c1-15-8-3-2-7(12(13)14)10-9(8)6(11)4-5-16-10/h2-3,6H,4-5,11H2,1H3/t6-/m0/s1. The number of benzene rings is 1. The van der Waals surface area contributed by atoms with Crippen LogP contribution < -0.4 is 15.2 Å². The summed E-state index contributed by atoms with van der Waals surface area (Å²) < 4.78 is 10.5. The van der Waals surface area contributed by atoms with Crippen molar-refractivity contribution in [3.8, 4) is 11.5 Å². The predicted molar refractivity (Wildman–Crippen MR) is 56.7 cm³/mol. The summed E-state index contributed by atoms with van der Waals surface area (Å²) in [6.07, 6.45) is 0.629. The molecule has 0 radical (unpaired) electrons. The maximum Gasteiger partial charge on any atom is 0.311 e. The molecule has 0 bridgehead atoms. The van der Waals surface area contributed by atoms with Gasteiger partial charge in [-0.05, 0) is 6.07 Å². The van der Waals surface area contributed by atoms with E-state index >= 15 is 0 Å². The number of hydrogen-bond donors (Lipinski definition) is 1. The van der Waals surface area contributed by atoms with Gasteiger partial charge < -0.3 is 15.2 Å². The van der Waals surface area contributed by atoms with Crippen LogP contribution in [0.15, 0.2) is 12.1 Å². The van der Waals surface area contributed by atoms with Gasteiger partial charge in [0, 0.05) is 18.5 Å². The molecule has 0 spiro atoms. The van der Waals surface area contributed by atoms with Crippen LogP contribution >= 0.6 is 0 Å². The average molecular weight is 224 g/mol. The summed E-state index contributed by atoms with van der Waals surface area (Å²) in [4.78, 5) is 10.3. The van der Waals surface area contributed by atoms with Gasteiger partial charge in [-0.25, -0.2) is 0 Å². The van der Waals surface area contributed by atoms with E-state index in [0.717, 1.165) is 0 Å². The highest BCUT2D eigenvalue weighted by molar-refractivity contribution is 5.59. The van der Waals surface area contributed by atoms with E-state index in [-0.39, 0.29) is 17.5 Å². The Balaban J connectivity index is 2.63. The van der Waals surface area contributed by atoms with Gasteiger partial charge in [-0.15, -0.1) is 0 Å². The van der Waals surface area contributed by atoms with Gasteiger partial charge in [0.15, 0.2) is 0 Å². The summed E-state index contributed by atoms with van der Waals surface area (Å²) >= 11 is 0. The lowest BCUT2D eigenvalue weighted by atomic mass is 9.99. The zero-order valence-electron chi connectivity index (χ0n) is 8.80. The zero-order chi connectivity index (χ0) is 11.7. The molecule has 1 aliphatic rings. The van der Waals surface area contributed by atoms with Crippen molar-refractivity contribution >= 4 is 5.69 Å². The van der Waals surface area contributed by atoms with Crippen LogP contribution in [0.5, 0.6) is 11.5 Å². The van der Waals surface area contributed by atoms with Crippen LogP contribution in [0.25, 0.3) is 0 Å². The highest BCUT2D eigenvalue weighted by Crippen LogP contribution is 2.43. The Morgan fingerprint density at radius 1 is 1.62 bits per heavy atom. The normalized spacial score (nSPS) is 18.5. The number of nitrogens with zero attached hydrogens (tertiary/aromatic N) is 1. The molecule has 0 fully saturated rings. The third-order valence-electron chi connectivity index (χ3n) is 2.60. The first kappa shape index (κ1) is 10.7. The molecule has 86 valence electrons. The molecule has 6 heteroatoms. The second-order valence-corrected chi connectivity index (χ2v) is 3.53. The summed E-state index contributed by atoms with van der Waals surface area (Å²) in [6, 6.07) is 2.64. The molecule has 1 aliphatic heterocycles. The quantitative estimate of drug-likeness (QED) is 0.605. The minimum atomic E-state index is -0.476. The van der Waals surface area contributed by atoms with Crippen molar-refractivity contribution in [2.24, 2.45) is 5.73 Å². The third-order valence-corrected chi connectivity index (χ3v) is 2.60. The van der Waals surface area contributed by atoms with Gasteiger partial charge in [0.1, 0.15) is 5.75 Å². The van der Waals surface area contributed by atoms with Crippen molar-refractivity contribution in [2.45, 2.75) is 12.5 Å². The smallest absolute Gasteiger partial charge is 0.311 e. The van der Waals surface area contributed by atoms with E-state index < -0.39 is 4.92 Å². The maximum absolute atomic E-state index is 10.8. The largest absolute Gasteiger partial charge is 0.496 e. The Morgan fingerprint density at radius 2 is 2.38 bits per heavy atom. The molecule has 0 aromatic heterocycles. The molecule has 2 rings (SSSR count). The Kier molecular flexibility index (Phi) is 2.66. The molecule has 6 nitrogen and oxygen atoms in total. The lowest BCUT2D eigenvalue weighted by Crippen LogP contribution is -2.22. The molecule has 0 amide bonds. The number of nitro benzene ring substituents is 1. The molecule has 2 N–H and O–H groups in total. The SMILES string of the molecule is COc1ccc([N+](=O)[O-])c2c1[C@@H](N)CCO2. The number of fused-ring (bicyclic) bond motifs is 1. The number of rotatable bonds is 2. The molecule has 1 aromatic carbocycles.